The molecule has 0 spiro atoms. The molecule has 0 saturated carbocycles. The van der Waals surface area contributed by atoms with Crippen molar-refractivity contribution >= 4 is 11.8 Å². The van der Waals surface area contributed by atoms with Crippen LogP contribution in [0.25, 0.3) is 11.3 Å². The van der Waals surface area contributed by atoms with Crippen molar-refractivity contribution in [1.29, 1.82) is 0 Å². The maximum atomic E-state index is 5.42. The standard InChI is InChI=1S/C21H26N4OS/c1-16(15-27-20-7-5-4-6-19(20)26-3)12-23-13-18-14-25(2)24-21(18)17-8-10-22-11-9-17/h4-11,14,16,23H,12-13,15H2,1-3H3. The highest BCUT2D eigenvalue weighted by Crippen LogP contribution is 2.30. The lowest BCUT2D eigenvalue weighted by Gasteiger charge is -2.14. The maximum absolute atomic E-state index is 5.42. The quantitative estimate of drug-likeness (QED) is 0.567. The highest BCUT2D eigenvalue weighted by atomic mass is 32.2. The Kier molecular flexibility index (Phi) is 6.90. The zero-order valence-electron chi connectivity index (χ0n) is 16.1. The lowest BCUT2D eigenvalue weighted by Crippen LogP contribution is -2.22. The first-order valence-electron chi connectivity index (χ1n) is 9.07. The van der Waals surface area contributed by atoms with Gasteiger partial charge in [0.2, 0.25) is 0 Å². The summed E-state index contributed by atoms with van der Waals surface area (Å²) in [7, 11) is 3.68. The van der Waals surface area contributed by atoms with Gasteiger partial charge in [-0.3, -0.25) is 9.67 Å². The third-order valence-corrected chi connectivity index (χ3v) is 5.64. The molecule has 0 aliphatic heterocycles. The summed E-state index contributed by atoms with van der Waals surface area (Å²) >= 11 is 1.84. The number of thioether (sulfide) groups is 1. The predicted octanol–water partition coefficient (Wildman–Crippen LogP) is 4.01. The molecule has 3 aromatic rings. The summed E-state index contributed by atoms with van der Waals surface area (Å²) in [6.07, 6.45) is 5.69. The third kappa shape index (κ3) is 5.34. The summed E-state index contributed by atoms with van der Waals surface area (Å²) in [6.45, 7) is 4.02. The highest BCUT2D eigenvalue weighted by Gasteiger charge is 2.11. The van der Waals surface area contributed by atoms with E-state index in [-0.39, 0.29) is 0 Å². The molecule has 2 aromatic heterocycles. The molecule has 142 valence electrons. The van der Waals surface area contributed by atoms with E-state index in [1.807, 2.05) is 47.8 Å². The minimum atomic E-state index is 0.543. The van der Waals surface area contributed by atoms with E-state index >= 15 is 0 Å². The SMILES string of the molecule is COc1ccccc1SCC(C)CNCc1cn(C)nc1-c1ccncc1. The molecule has 0 fully saturated rings. The summed E-state index contributed by atoms with van der Waals surface area (Å²) in [5.74, 6) is 2.53. The van der Waals surface area contributed by atoms with E-state index in [0.717, 1.165) is 35.8 Å². The normalized spacial score (nSPS) is 12.1. The fourth-order valence-corrected chi connectivity index (χ4v) is 3.95. The molecule has 5 nitrogen and oxygen atoms in total. The number of nitrogens with zero attached hydrogens (tertiary/aromatic N) is 3. The largest absolute Gasteiger partial charge is 0.496 e. The summed E-state index contributed by atoms with van der Waals surface area (Å²) in [5, 5.41) is 8.18. The van der Waals surface area contributed by atoms with Gasteiger partial charge in [-0.05, 0) is 36.7 Å². The van der Waals surface area contributed by atoms with Crippen LogP contribution in [0.4, 0.5) is 0 Å². The topological polar surface area (TPSA) is 52.0 Å². The van der Waals surface area contributed by atoms with E-state index in [1.54, 1.807) is 19.5 Å². The van der Waals surface area contributed by atoms with Gasteiger partial charge in [-0.15, -0.1) is 11.8 Å². The zero-order chi connectivity index (χ0) is 19.1. The smallest absolute Gasteiger partial charge is 0.132 e. The third-order valence-electron chi connectivity index (χ3n) is 4.26. The molecule has 2 heterocycles. The van der Waals surface area contributed by atoms with Crippen LogP contribution in [0.15, 0.2) is 59.9 Å². The van der Waals surface area contributed by atoms with Gasteiger partial charge in [0.25, 0.3) is 0 Å². The van der Waals surface area contributed by atoms with Crippen molar-refractivity contribution in [2.45, 2.75) is 18.4 Å². The number of methoxy groups -OCH3 is 1. The van der Waals surface area contributed by atoms with E-state index < -0.39 is 0 Å². The van der Waals surface area contributed by atoms with Gasteiger partial charge in [0.05, 0.1) is 12.8 Å². The Balaban J connectivity index is 1.51. The van der Waals surface area contributed by atoms with Crippen LogP contribution in [0.2, 0.25) is 0 Å². The van der Waals surface area contributed by atoms with E-state index in [0.29, 0.717) is 5.92 Å². The Labute approximate surface area is 165 Å². The first-order chi connectivity index (χ1) is 13.2. The van der Waals surface area contributed by atoms with Crippen molar-refractivity contribution in [2.24, 2.45) is 13.0 Å². The van der Waals surface area contributed by atoms with Gasteiger partial charge in [-0.1, -0.05) is 19.1 Å². The van der Waals surface area contributed by atoms with Crippen molar-refractivity contribution in [3.05, 3.63) is 60.6 Å². The van der Waals surface area contributed by atoms with E-state index in [4.69, 9.17) is 4.74 Å². The number of pyridine rings is 1. The summed E-state index contributed by atoms with van der Waals surface area (Å²) in [4.78, 5) is 5.28. The van der Waals surface area contributed by atoms with Crippen LogP contribution in [-0.4, -0.2) is 34.2 Å². The number of para-hydroxylation sites is 1. The summed E-state index contributed by atoms with van der Waals surface area (Å²) < 4.78 is 7.29. The maximum Gasteiger partial charge on any atom is 0.132 e. The Hall–Kier alpha value is -2.31. The molecule has 1 aromatic carbocycles. The number of nitrogens with one attached hydrogen (secondary N) is 1. The fraction of sp³-hybridized carbons (Fsp3) is 0.333. The second-order valence-electron chi connectivity index (χ2n) is 6.61. The summed E-state index contributed by atoms with van der Waals surface area (Å²) in [5.41, 5.74) is 3.32. The summed E-state index contributed by atoms with van der Waals surface area (Å²) in [6, 6.07) is 12.2. The number of hydrogen-bond donors (Lipinski definition) is 1. The number of aryl methyl sites for hydroxylation is 1. The van der Waals surface area contributed by atoms with E-state index in [2.05, 4.69) is 40.7 Å². The molecule has 0 saturated heterocycles. The average molecular weight is 383 g/mol. The van der Waals surface area contributed by atoms with Crippen LogP contribution in [0, 0.1) is 5.92 Å². The van der Waals surface area contributed by atoms with Gasteiger partial charge in [0.1, 0.15) is 5.75 Å². The average Bonchev–Trinajstić information content (AvgIpc) is 3.07. The molecular weight excluding hydrogens is 356 g/mol. The molecule has 0 amide bonds. The minimum absolute atomic E-state index is 0.543. The molecule has 1 unspecified atom stereocenters. The minimum Gasteiger partial charge on any atom is -0.496 e. The molecular formula is C21H26N4OS. The van der Waals surface area contributed by atoms with Crippen LogP contribution < -0.4 is 10.1 Å². The first-order valence-corrected chi connectivity index (χ1v) is 10.1. The lowest BCUT2D eigenvalue weighted by atomic mass is 10.1. The number of aromatic nitrogens is 3. The molecule has 3 rings (SSSR count). The monoisotopic (exact) mass is 382 g/mol. The molecule has 1 atom stereocenters. The van der Waals surface area contributed by atoms with Crippen molar-refractivity contribution in [3.8, 4) is 17.0 Å². The first kappa shape index (κ1) is 19.5. The Morgan fingerprint density at radius 2 is 1.96 bits per heavy atom. The van der Waals surface area contributed by atoms with Crippen molar-refractivity contribution in [3.63, 3.8) is 0 Å². The number of ether oxygens (including phenoxy) is 1. The van der Waals surface area contributed by atoms with Crippen LogP contribution in [0.1, 0.15) is 12.5 Å². The van der Waals surface area contributed by atoms with Crippen molar-refractivity contribution < 1.29 is 4.74 Å². The van der Waals surface area contributed by atoms with Gasteiger partial charge in [-0.25, -0.2) is 0 Å². The number of rotatable bonds is 9. The van der Waals surface area contributed by atoms with Crippen LogP contribution >= 0.6 is 11.8 Å². The Morgan fingerprint density at radius 3 is 2.74 bits per heavy atom. The molecule has 0 aliphatic carbocycles. The molecule has 0 aliphatic rings. The molecule has 27 heavy (non-hydrogen) atoms. The van der Waals surface area contributed by atoms with Gasteiger partial charge < -0.3 is 10.1 Å². The second-order valence-corrected chi connectivity index (χ2v) is 7.67. The molecule has 6 heteroatoms. The Bertz CT molecular complexity index is 850. The number of benzene rings is 1. The fourth-order valence-electron chi connectivity index (χ4n) is 2.90. The van der Waals surface area contributed by atoms with Crippen molar-refractivity contribution in [2.75, 3.05) is 19.4 Å². The zero-order valence-corrected chi connectivity index (χ0v) is 16.9. The van der Waals surface area contributed by atoms with Crippen LogP contribution in [0.5, 0.6) is 5.75 Å². The van der Waals surface area contributed by atoms with Crippen LogP contribution in [0.3, 0.4) is 0 Å². The molecule has 0 radical (unpaired) electrons. The molecule has 0 bridgehead atoms. The van der Waals surface area contributed by atoms with E-state index in [1.165, 1.54) is 10.5 Å². The molecule has 1 N–H and O–H groups in total. The van der Waals surface area contributed by atoms with Gasteiger partial charge in [-0.2, -0.15) is 5.10 Å². The van der Waals surface area contributed by atoms with Crippen LogP contribution in [-0.2, 0) is 13.6 Å². The van der Waals surface area contributed by atoms with E-state index in [9.17, 15) is 0 Å². The van der Waals surface area contributed by atoms with Gasteiger partial charge >= 0.3 is 0 Å². The van der Waals surface area contributed by atoms with Gasteiger partial charge in [0.15, 0.2) is 0 Å². The van der Waals surface area contributed by atoms with Gasteiger partial charge in [0, 0.05) is 54.0 Å². The Morgan fingerprint density at radius 1 is 1.19 bits per heavy atom. The highest BCUT2D eigenvalue weighted by molar-refractivity contribution is 7.99. The second kappa shape index (κ2) is 9.58. The number of hydrogen-bond acceptors (Lipinski definition) is 5. The van der Waals surface area contributed by atoms with Crippen molar-refractivity contribution in [1.82, 2.24) is 20.1 Å². The predicted molar refractivity (Wildman–Crippen MR) is 111 cm³/mol. The lowest BCUT2D eigenvalue weighted by molar-refractivity contribution is 0.404.